The van der Waals surface area contributed by atoms with Gasteiger partial charge in [-0.05, 0) is 17.7 Å². The normalized spacial score (nSPS) is 12.0. The second kappa shape index (κ2) is 6.22. The third-order valence-electron chi connectivity index (χ3n) is 3.07. The first kappa shape index (κ1) is 16.4. The predicted molar refractivity (Wildman–Crippen MR) is 84.0 cm³/mol. The third kappa shape index (κ3) is 3.41. The molecule has 1 aromatic carbocycles. The second-order valence-electron chi connectivity index (χ2n) is 4.63. The van der Waals surface area contributed by atoms with Gasteiger partial charge in [0, 0.05) is 17.0 Å². The molecule has 3 aromatic rings. The lowest BCUT2D eigenvalue weighted by Crippen LogP contribution is -2.07. The van der Waals surface area contributed by atoms with E-state index in [9.17, 15) is 13.2 Å². The average molecular weight is 378 g/mol. The summed E-state index contributed by atoms with van der Waals surface area (Å²) in [5.41, 5.74) is 0.185. The van der Waals surface area contributed by atoms with Crippen LogP contribution in [0.2, 0.25) is 10.0 Å². The fraction of sp³-hybridized carbons (Fsp3) is 0.143. The van der Waals surface area contributed by atoms with Gasteiger partial charge in [-0.1, -0.05) is 53.2 Å². The Bertz CT molecular complexity index is 864. The molecule has 120 valence electrons. The van der Waals surface area contributed by atoms with E-state index in [4.69, 9.17) is 23.2 Å². The van der Waals surface area contributed by atoms with Gasteiger partial charge in [0.05, 0.1) is 10.6 Å². The average Bonchev–Trinajstić information content (AvgIpc) is 2.89. The molecular weight excluding hydrogens is 370 g/mol. The second-order valence-corrected chi connectivity index (χ2v) is 6.39. The molecule has 0 aliphatic rings. The number of alkyl halides is 3. The number of hydrogen-bond acceptors (Lipinski definition) is 3. The molecule has 0 N–H and O–H groups in total. The molecule has 3 rings (SSSR count). The first-order chi connectivity index (χ1) is 10.9. The van der Waals surface area contributed by atoms with Gasteiger partial charge in [-0.3, -0.25) is 4.40 Å². The fourth-order valence-electron chi connectivity index (χ4n) is 1.94. The summed E-state index contributed by atoms with van der Waals surface area (Å²) < 4.78 is 39.9. The van der Waals surface area contributed by atoms with Crippen LogP contribution in [0.3, 0.4) is 0 Å². The van der Waals surface area contributed by atoms with Crippen LogP contribution in [0.25, 0.3) is 5.65 Å². The topological polar surface area (TPSA) is 30.2 Å². The lowest BCUT2D eigenvalue weighted by atomic mass is 10.2. The maximum atomic E-state index is 12.9. The largest absolute Gasteiger partial charge is 0.417 e. The number of aromatic nitrogens is 3. The third-order valence-corrected chi connectivity index (χ3v) is 4.71. The predicted octanol–water partition coefficient (Wildman–Crippen LogP) is 5.35. The molecule has 9 heteroatoms. The molecule has 0 spiro atoms. The zero-order chi connectivity index (χ0) is 16.6. The highest BCUT2D eigenvalue weighted by Gasteiger charge is 2.32. The van der Waals surface area contributed by atoms with Gasteiger partial charge in [0.1, 0.15) is 0 Å². The van der Waals surface area contributed by atoms with Crippen molar-refractivity contribution in [2.45, 2.75) is 17.1 Å². The molecule has 23 heavy (non-hydrogen) atoms. The Labute approximate surface area is 143 Å². The fourth-order valence-corrected chi connectivity index (χ4v) is 3.39. The van der Waals surface area contributed by atoms with Crippen LogP contribution >= 0.6 is 35.0 Å². The van der Waals surface area contributed by atoms with Crippen LogP contribution in [0.4, 0.5) is 13.2 Å². The van der Waals surface area contributed by atoms with Crippen molar-refractivity contribution in [3.63, 3.8) is 0 Å². The number of nitrogens with zero attached hydrogens (tertiary/aromatic N) is 3. The number of benzene rings is 1. The molecule has 0 saturated carbocycles. The number of thioether (sulfide) groups is 1. The lowest BCUT2D eigenvalue weighted by molar-refractivity contribution is -0.137. The van der Waals surface area contributed by atoms with Crippen molar-refractivity contribution >= 4 is 40.6 Å². The van der Waals surface area contributed by atoms with Crippen molar-refractivity contribution < 1.29 is 13.2 Å². The SMILES string of the molecule is FC(F)(F)c1cc(Cl)c2nnc(SCc3ccccc3Cl)n2c1. The first-order valence-electron chi connectivity index (χ1n) is 6.34. The molecule has 0 amide bonds. The van der Waals surface area contributed by atoms with E-state index in [1.807, 2.05) is 12.1 Å². The van der Waals surface area contributed by atoms with E-state index >= 15 is 0 Å². The van der Waals surface area contributed by atoms with E-state index < -0.39 is 11.7 Å². The summed E-state index contributed by atoms with van der Waals surface area (Å²) in [6.45, 7) is 0. The van der Waals surface area contributed by atoms with Gasteiger partial charge in [0.2, 0.25) is 0 Å². The van der Waals surface area contributed by atoms with Crippen molar-refractivity contribution in [1.82, 2.24) is 14.6 Å². The Kier molecular flexibility index (Phi) is 4.44. The zero-order valence-corrected chi connectivity index (χ0v) is 13.6. The number of hydrogen-bond donors (Lipinski definition) is 0. The Hall–Kier alpha value is -1.44. The van der Waals surface area contributed by atoms with Crippen LogP contribution in [-0.2, 0) is 11.9 Å². The highest BCUT2D eigenvalue weighted by molar-refractivity contribution is 7.98. The van der Waals surface area contributed by atoms with Gasteiger partial charge >= 0.3 is 6.18 Å². The summed E-state index contributed by atoms with van der Waals surface area (Å²) in [4.78, 5) is 0. The number of fused-ring (bicyclic) bond motifs is 1. The highest BCUT2D eigenvalue weighted by Crippen LogP contribution is 2.34. The van der Waals surface area contributed by atoms with E-state index in [1.165, 1.54) is 16.2 Å². The summed E-state index contributed by atoms with van der Waals surface area (Å²) in [5, 5.41) is 8.54. The standard InChI is InChI=1S/C14H8Cl2F3N3S/c15-10-4-2-1-3-8(10)7-23-13-21-20-12-11(16)5-9(6-22(12)13)14(17,18)19/h1-6H,7H2. The van der Waals surface area contributed by atoms with Crippen LogP contribution in [0.1, 0.15) is 11.1 Å². The van der Waals surface area contributed by atoms with Crippen LogP contribution in [0.15, 0.2) is 41.7 Å². The molecule has 0 fully saturated rings. The summed E-state index contributed by atoms with van der Waals surface area (Å²) in [5.74, 6) is 0.453. The van der Waals surface area contributed by atoms with Crippen molar-refractivity contribution in [2.24, 2.45) is 0 Å². The summed E-state index contributed by atoms with van der Waals surface area (Å²) in [6.07, 6.45) is -3.55. The lowest BCUT2D eigenvalue weighted by Gasteiger charge is -2.09. The minimum absolute atomic E-state index is 0.100. The van der Waals surface area contributed by atoms with Gasteiger partial charge in [0.25, 0.3) is 0 Å². The summed E-state index contributed by atoms with van der Waals surface area (Å²) in [7, 11) is 0. The minimum atomic E-state index is -4.49. The van der Waals surface area contributed by atoms with Crippen molar-refractivity contribution in [1.29, 1.82) is 0 Å². The van der Waals surface area contributed by atoms with Gasteiger partial charge < -0.3 is 0 Å². The Morgan fingerprint density at radius 3 is 2.52 bits per heavy atom. The molecular formula is C14H8Cl2F3N3S. The molecule has 0 saturated heterocycles. The van der Waals surface area contributed by atoms with E-state index in [0.29, 0.717) is 15.9 Å². The zero-order valence-electron chi connectivity index (χ0n) is 11.3. The number of rotatable bonds is 3. The highest BCUT2D eigenvalue weighted by atomic mass is 35.5. The van der Waals surface area contributed by atoms with Crippen molar-refractivity contribution in [2.75, 3.05) is 0 Å². The quantitative estimate of drug-likeness (QED) is 0.576. The van der Waals surface area contributed by atoms with Gasteiger partial charge in [-0.15, -0.1) is 10.2 Å². The van der Waals surface area contributed by atoms with E-state index in [1.54, 1.807) is 12.1 Å². The molecule has 3 nitrogen and oxygen atoms in total. The van der Waals surface area contributed by atoms with Crippen LogP contribution in [-0.4, -0.2) is 14.6 Å². The van der Waals surface area contributed by atoms with Gasteiger partial charge in [-0.25, -0.2) is 0 Å². The maximum absolute atomic E-state index is 12.9. The Morgan fingerprint density at radius 2 is 1.83 bits per heavy atom. The van der Waals surface area contributed by atoms with Crippen LogP contribution in [0.5, 0.6) is 0 Å². The molecule has 0 radical (unpaired) electrons. The molecule has 0 aliphatic carbocycles. The van der Waals surface area contributed by atoms with Crippen molar-refractivity contribution in [3.05, 3.63) is 57.7 Å². The van der Waals surface area contributed by atoms with E-state index in [0.717, 1.165) is 17.8 Å². The molecule has 0 bridgehead atoms. The Morgan fingerprint density at radius 1 is 1.09 bits per heavy atom. The molecule has 2 aromatic heterocycles. The van der Waals surface area contributed by atoms with Crippen LogP contribution in [0, 0.1) is 0 Å². The smallest absolute Gasteiger partial charge is 0.276 e. The van der Waals surface area contributed by atoms with E-state index in [-0.39, 0.29) is 10.7 Å². The molecule has 0 aliphatic heterocycles. The van der Waals surface area contributed by atoms with Crippen LogP contribution < -0.4 is 0 Å². The maximum Gasteiger partial charge on any atom is 0.417 e. The molecule has 0 unspecified atom stereocenters. The summed E-state index contributed by atoms with van der Waals surface area (Å²) >= 11 is 13.2. The van der Waals surface area contributed by atoms with Gasteiger partial charge in [-0.2, -0.15) is 13.2 Å². The van der Waals surface area contributed by atoms with Crippen molar-refractivity contribution in [3.8, 4) is 0 Å². The number of halogens is 5. The van der Waals surface area contributed by atoms with Gasteiger partial charge in [0.15, 0.2) is 10.8 Å². The minimum Gasteiger partial charge on any atom is -0.276 e. The monoisotopic (exact) mass is 377 g/mol. The first-order valence-corrected chi connectivity index (χ1v) is 8.08. The summed E-state index contributed by atoms with van der Waals surface area (Å²) in [6, 6.07) is 8.07. The molecule has 0 atom stereocenters. The van der Waals surface area contributed by atoms with E-state index in [2.05, 4.69) is 10.2 Å². The number of pyridine rings is 1. The molecule has 2 heterocycles. The Balaban J connectivity index is 1.95.